The molecule has 1 aromatic rings. The fraction of sp³-hybridized carbons (Fsp3) is 0.786. The number of hydrogen-bond donors (Lipinski definition) is 1. The summed E-state index contributed by atoms with van der Waals surface area (Å²) in [6.07, 6.45) is 2.72. The van der Waals surface area contributed by atoms with Crippen LogP contribution in [0.15, 0.2) is 4.42 Å². The molecule has 0 aliphatic carbocycles. The van der Waals surface area contributed by atoms with E-state index in [2.05, 4.69) is 32.4 Å². The van der Waals surface area contributed by atoms with Gasteiger partial charge in [0.25, 0.3) is 0 Å². The highest BCUT2D eigenvalue weighted by atomic mass is 16.4. The molecule has 7 nitrogen and oxygen atoms in total. The lowest BCUT2D eigenvalue weighted by atomic mass is 9.85. The predicted octanol–water partition coefficient (Wildman–Crippen LogP) is 0.164. The number of carbonyl (C=O) groups is 1. The third kappa shape index (κ3) is 2.80. The van der Waals surface area contributed by atoms with Gasteiger partial charge >= 0.3 is 0 Å². The summed E-state index contributed by atoms with van der Waals surface area (Å²) < 4.78 is 5.43. The summed E-state index contributed by atoms with van der Waals surface area (Å²) in [5.41, 5.74) is -0.336. The number of rotatable bonds is 2. The van der Waals surface area contributed by atoms with Crippen molar-refractivity contribution in [2.24, 2.45) is 0 Å². The van der Waals surface area contributed by atoms with Gasteiger partial charge in [0, 0.05) is 33.1 Å². The summed E-state index contributed by atoms with van der Waals surface area (Å²) in [5, 5.41) is 11.0. The molecule has 0 aromatic carbocycles. The highest BCUT2D eigenvalue weighted by molar-refractivity contribution is 5.86. The number of likely N-dealkylation sites (tertiary alicyclic amines) is 1. The molecule has 2 aliphatic rings. The number of piperidine rings is 1. The van der Waals surface area contributed by atoms with E-state index in [-0.39, 0.29) is 11.4 Å². The maximum absolute atomic E-state index is 12.5. The normalized spacial score (nSPS) is 24.0. The van der Waals surface area contributed by atoms with Crippen molar-refractivity contribution in [3.8, 4) is 0 Å². The number of carbonyl (C=O) groups excluding carboxylic acids is 1. The van der Waals surface area contributed by atoms with Gasteiger partial charge in [-0.2, -0.15) is 0 Å². The molecule has 2 aliphatic heterocycles. The minimum atomic E-state index is -0.336. The largest absolute Gasteiger partial charge is 0.424 e. The number of nitrogens with zero attached hydrogens (tertiary/aromatic N) is 4. The van der Waals surface area contributed by atoms with E-state index in [1.807, 2.05) is 0 Å². The fourth-order valence-electron chi connectivity index (χ4n) is 3.35. The quantitative estimate of drug-likeness (QED) is 0.837. The van der Waals surface area contributed by atoms with Crippen LogP contribution in [0.5, 0.6) is 0 Å². The summed E-state index contributed by atoms with van der Waals surface area (Å²) >= 11 is 0. The van der Waals surface area contributed by atoms with Crippen molar-refractivity contribution >= 4 is 5.91 Å². The zero-order valence-corrected chi connectivity index (χ0v) is 12.8. The summed E-state index contributed by atoms with van der Waals surface area (Å²) in [4.78, 5) is 17.0. The van der Waals surface area contributed by atoms with Crippen molar-refractivity contribution in [3.05, 3.63) is 11.8 Å². The smallest absolute Gasteiger partial charge is 0.240 e. The maximum atomic E-state index is 12.5. The fourth-order valence-corrected chi connectivity index (χ4v) is 3.35. The van der Waals surface area contributed by atoms with Gasteiger partial charge in [-0.15, -0.1) is 10.2 Å². The van der Waals surface area contributed by atoms with Gasteiger partial charge in [0.05, 0.1) is 6.54 Å². The Morgan fingerprint density at radius 1 is 1.29 bits per heavy atom. The Morgan fingerprint density at radius 2 is 2.05 bits per heavy atom. The number of likely N-dealkylation sites (N-methyl/N-ethyl adjacent to an activating group) is 1. The Bertz CT molecular complexity index is 507. The molecule has 1 N–H and O–H groups in total. The van der Waals surface area contributed by atoms with E-state index in [0.29, 0.717) is 18.3 Å². The van der Waals surface area contributed by atoms with Gasteiger partial charge in [-0.05, 0) is 26.3 Å². The topological polar surface area (TPSA) is 74.5 Å². The van der Waals surface area contributed by atoms with E-state index in [9.17, 15) is 4.79 Å². The minimum Gasteiger partial charge on any atom is -0.424 e. The molecule has 1 spiro atoms. The molecule has 7 heteroatoms. The van der Waals surface area contributed by atoms with Crippen LogP contribution in [-0.4, -0.2) is 64.7 Å². The summed E-state index contributed by atoms with van der Waals surface area (Å²) in [6.45, 7) is 5.98. The first-order chi connectivity index (χ1) is 10.1. The van der Waals surface area contributed by atoms with E-state index in [4.69, 9.17) is 4.42 Å². The van der Waals surface area contributed by atoms with Gasteiger partial charge in [0.2, 0.25) is 17.7 Å². The van der Waals surface area contributed by atoms with Gasteiger partial charge in [0.15, 0.2) is 0 Å². The number of amides is 1. The lowest BCUT2D eigenvalue weighted by molar-refractivity contribution is -0.134. The van der Waals surface area contributed by atoms with Crippen LogP contribution in [0.4, 0.5) is 0 Å². The molecule has 116 valence electrons. The summed E-state index contributed by atoms with van der Waals surface area (Å²) in [5.74, 6) is 1.44. The molecule has 21 heavy (non-hydrogen) atoms. The Balaban J connectivity index is 1.64. The van der Waals surface area contributed by atoms with Crippen LogP contribution in [0.2, 0.25) is 0 Å². The third-order valence-electron chi connectivity index (χ3n) is 4.72. The predicted molar refractivity (Wildman–Crippen MR) is 76.5 cm³/mol. The van der Waals surface area contributed by atoms with E-state index in [1.54, 1.807) is 6.92 Å². The minimum absolute atomic E-state index is 0.191. The molecule has 1 amide bonds. The van der Waals surface area contributed by atoms with Crippen molar-refractivity contribution in [1.29, 1.82) is 0 Å². The van der Waals surface area contributed by atoms with Crippen molar-refractivity contribution in [2.45, 2.75) is 38.3 Å². The van der Waals surface area contributed by atoms with Crippen LogP contribution < -0.4 is 5.32 Å². The number of hydrogen-bond acceptors (Lipinski definition) is 6. The lowest BCUT2D eigenvalue weighted by Crippen LogP contribution is -2.60. The molecule has 0 radical (unpaired) electrons. The van der Waals surface area contributed by atoms with Crippen LogP contribution >= 0.6 is 0 Å². The molecule has 1 aromatic heterocycles. The van der Waals surface area contributed by atoms with Crippen molar-refractivity contribution in [3.63, 3.8) is 0 Å². The first kappa shape index (κ1) is 14.5. The van der Waals surface area contributed by atoms with E-state index in [0.717, 1.165) is 45.4 Å². The molecule has 3 rings (SSSR count). The first-order valence-corrected chi connectivity index (χ1v) is 7.61. The second-order valence-electron chi connectivity index (χ2n) is 6.05. The van der Waals surface area contributed by atoms with Crippen LogP contribution in [0, 0.1) is 6.92 Å². The molecule has 2 fully saturated rings. The van der Waals surface area contributed by atoms with Crippen LogP contribution in [-0.2, 0) is 11.3 Å². The lowest BCUT2D eigenvalue weighted by Gasteiger charge is -2.44. The summed E-state index contributed by atoms with van der Waals surface area (Å²) in [6, 6.07) is 0. The van der Waals surface area contributed by atoms with Crippen molar-refractivity contribution < 1.29 is 9.21 Å². The number of nitrogens with one attached hydrogen (secondary N) is 1. The Labute approximate surface area is 124 Å². The van der Waals surface area contributed by atoms with Crippen LogP contribution in [0.3, 0.4) is 0 Å². The zero-order valence-electron chi connectivity index (χ0n) is 12.8. The Hall–Kier alpha value is -1.47. The summed E-state index contributed by atoms with van der Waals surface area (Å²) in [7, 11) is 2.07. The van der Waals surface area contributed by atoms with Gasteiger partial charge in [-0.1, -0.05) is 0 Å². The first-order valence-electron chi connectivity index (χ1n) is 7.61. The average Bonchev–Trinajstić information content (AvgIpc) is 2.83. The van der Waals surface area contributed by atoms with Crippen molar-refractivity contribution in [2.75, 3.05) is 33.2 Å². The van der Waals surface area contributed by atoms with Crippen molar-refractivity contribution in [1.82, 2.24) is 25.3 Å². The average molecular weight is 293 g/mol. The zero-order chi connectivity index (χ0) is 14.9. The van der Waals surface area contributed by atoms with E-state index < -0.39 is 0 Å². The maximum Gasteiger partial charge on any atom is 0.240 e. The molecule has 2 saturated heterocycles. The Kier molecular flexibility index (Phi) is 3.95. The van der Waals surface area contributed by atoms with E-state index >= 15 is 0 Å². The molecule has 0 saturated carbocycles. The second-order valence-corrected chi connectivity index (χ2v) is 6.05. The highest BCUT2D eigenvalue weighted by Gasteiger charge is 2.45. The molecule has 3 heterocycles. The third-order valence-corrected chi connectivity index (χ3v) is 4.72. The SMILES string of the molecule is Cc1nnc(CN2CCC3(CC2)C(=O)NCCCN3C)o1. The molecule has 0 atom stereocenters. The standard InChI is InChI=1S/C14H23N5O2/c1-11-16-17-12(21-11)10-19-8-4-14(5-9-19)13(20)15-6-3-7-18(14)2/h3-10H2,1-2H3,(H,15,20). The molecule has 0 unspecified atom stereocenters. The van der Waals surface area contributed by atoms with Gasteiger partial charge in [-0.25, -0.2) is 0 Å². The second kappa shape index (κ2) is 5.73. The Morgan fingerprint density at radius 3 is 2.71 bits per heavy atom. The highest BCUT2D eigenvalue weighted by Crippen LogP contribution is 2.30. The number of aromatic nitrogens is 2. The van der Waals surface area contributed by atoms with Crippen LogP contribution in [0.1, 0.15) is 31.0 Å². The van der Waals surface area contributed by atoms with Gasteiger partial charge in [-0.3, -0.25) is 14.6 Å². The van der Waals surface area contributed by atoms with Gasteiger partial charge < -0.3 is 9.73 Å². The molecular weight excluding hydrogens is 270 g/mol. The molecule has 0 bridgehead atoms. The van der Waals surface area contributed by atoms with E-state index in [1.165, 1.54) is 0 Å². The monoisotopic (exact) mass is 293 g/mol. The van der Waals surface area contributed by atoms with Gasteiger partial charge in [0.1, 0.15) is 5.54 Å². The van der Waals surface area contributed by atoms with Crippen LogP contribution in [0.25, 0.3) is 0 Å². The number of aryl methyl sites for hydroxylation is 1. The molecular formula is C14H23N5O2.